The van der Waals surface area contributed by atoms with Gasteiger partial charge in [-0.1, -0.05) is 62.4 Å². The largest absolute Gasteiger partial charge is 0.396 e. The molecule has 0 saturated carbocycles. The van der Waals surface area contributed by atoms with Gasteiger partial charge in [0.1, 0.15) is 0 Å². The fourth-order valence-corrected chi connectivity index (χ4v) is 4.15. The van der Waals surface area contributed by atoms with Crippen molar-refractivity contribution in [3.05, 3.63) is 86.3 Å². The van der Waals surface area contributed by atoms with Gasteiger partial charge in [0.2, 0.25) is 0 Å². The van der Waals surface area contributed by atoms with Crippen molar-refractivity contribution < 1.29 is 5.11 Å². The molecule has 0 radical (unpaired) electrons. The summed E-state index contributed by atoms with van der Waals surface area (Å²) in [6, 6.07) is 14.3. The molecule has 7 nitrogen and oxygen atoms in total. The second-order valence-corrected chi connectivity index (χ2v) is 8.96. The summed E-state index contributed by atoms with van der Waals surface area (Å²) in [5.74, 6) is 0.194. The number of aromatic nitrogens is 4. The van der Waals surface area contributed by atoms with Gasteiger partial charge < -0.3 is 5.11 Å². The highest BCUT2D eigenvalue weighted by molar-refractivity contribution is 5.86. The van der Waals surface area contributed by atoms with E-state index in [2.05, 4.69) is 24.3 Å². The van der Waals surface area contributed by atoms with Crippen LogP contribution in [0.5, 0.6) is 0 Å². The summed E-state index contributed by atoms with van der Waals surface area (Å²) in [6.45, 7) is 4.59. The Morgan fingerprint density at radius 2 is 1.82 bits per heavy atom. The number of rotatable bonds is 8. The lowest BCUT2D eigenvalue weighted by atomic mass is 10.00. The Morgan fingerprint density at radius 3 is 2.59 bits per heavy atom. The Kier molecular flexibility index (Phi) is 7.03. The van der Waals surface area contributed by atoms with Crippen molar-refractivity contribution in [2.45, 2.75) is 39.7 Å². The van der Waals surface area contributed by atoms with Crippen molar-refractivity contribution in [3.8, 4) is 0 Å². The van der Waals surface area contributed by atoms with E-state index in [1.54, 1.807) is 4.57 Å². The van der Waals surface area contributed by atoms with Crippen LogP contribution in [0.25, 0.3) is 28.0 Å². The molecule has 0 aliphatic carbocycles. The fraction of sp³-hybridized carbons (Fsp3) is 0.333. The molecule has 0 aliphatic heterocycles. The first kappa shape index (κ1) is 23.6. The number of fused-ring (bicyclic) bond motifs is 2. The minimum absolute atomic E-state index is 0.110. The molecule has 2 heterocycles. The number of aliphatic hydroxyl groups excluding tert-OH is 1. The van der Waals surface area contributed by atoms with Crippen LogP contribution in [0.1, 0.15) is 43.6 Å². The van der Waals surface area contributed by atoms with E-state index in [-0.39, 0.29) is 23.7 Å². The third-order valence-electron chi connectivity index (χ3n) is 5.85. The van der Waals surface area contributed by atoms with Crippen LogP contribution in [0.3, 0.4) is 0 Å². The van der Waals surface area contributed by atoms with Gasteiger partial charge in [0.05, 0.1) is 11.4 Å². The van der Waals surface area contributed by atoms with Gasteiger partial charge in [-0.2, -0.15) is 0 Å². The molecule has 1 N–H and O–H groups in total. The molecule has 0 spiro atoms. The average Bonchev–Trinajstić information content (AvgIpc) is 2.83. The Balaban J connectivity index is 1.95. The van der Waals surface area contributed by atoms with E-state index < -0.39 is 5.56 Å². The van der Waals surface area contributed by atoms with Gasteiger partial charge in [-0.25, -0.2) is 14.8 Å². The average molecular weight is 459 g/mol. The highest BCUT2D eigenvalue weighted by Crippen LogP contribution is 2.23. The third kappa shape index (κ3) is 4.70. The number of aliphatic hydroxyl groups is 1. The SMILES string of the molecule is CC(C)Cn1c(=O)n(C)c(=O)c2nc(/C=C\CCCO)c(Cc3cccc4ccccc34)nc21. The zero-order valence-electron chi connectivity index (χ0n) is 19.9. The maximum atomic E-state index is 13.0. The first-order valence-electron chi connectivity index (χ1n) is 11.6. The molecule has 0 atom stereocenters. The maximum Gasteiger partial charge on any atom is 0.332 e. The number of nitrogens with zero attached hydrogens (tertiary/aromatic N) is 4. The van der Waals surface area contributed by atoms with E-state index in [1.165, 1.54) is 7.05 Å². The summed E-state index contributed by atoms with van der Waals surface area (Å²) in [6.07, 6.45) is 5.64. The van der Waals surface area contributed by atoms with Crippen molar-refractivity contribution in [2.24, 2.45) is 13.0 Å². The third-order valence-corrected chi connectivity index (χ3v) is 5.85. The van der Waals surface area contributed by atoms with Crippen LogP contribution in [0.15, 0.2) is 58.1 Å². The van der Waals surface area contributed by atoms with Crippen molar-refractivity contribution in [2.75, 3.05) is 6.61 Å². The molecule has 0 aliphatic rings. The Bertz CT molecular complexity index is 1480. The number of benzene rings is 2. The molecule has 4 aromatic rings. The van der Waals surface area contributed by atoms with Gasteiger partial charge in [-0.3, -0.25) is 13.9 Å². The predicted molar refractivity (Wildman–Crippen MR) is 136 cm³/mol. The van der Waals surface area contributed by atoms with Crippen LogP contribution in [-0.2, 0) is 20.0 Å². The molecular formula is C27H30N4O3. The van der Waals surface area contributed by atoms with Crippen molar-refractivity contribution >= 4 is 28.0 Å². The first-order chi connectivity index (χ1) is 16.4. The predicted octanol–water partition coefficient (Wildman–Crippen LogP) is 3.68. The van der Waals surface area contributed by atoms with Gasteiger partial charge in [0.15, 0.2) is 11.2 Å². The second kappa shape index (κ2) is 10.1. The topological polar surface area (TPSA) is 90.0 Å². The van der Waals surface area contributed by atoms with E-state index in [0.717, 1.165) is 20.9 Å². The van der Waals surface area contributed by atoms with E-state index in [9.17, 15) is 9.59 Å². The fourth-order valence-electron chi connectivity index (χ4n) is 4.15. The van der Waals surface area contributed by atoms with Crippen molar-refractivity contribution in [1.29, 1.82) is 0 Å². The molecule has 7 heteroatoms. The molecule has 2 aromatic carbocycles. The Morgan fingerprint density at radius 1 is 1.06 bits per heavy atom. The summed E-state index contributed by atoms with van der Waals surface area (Å²) >= 11 is 0. The lowest BCUT2D eigenvalue weighted by Gasteiger charge is -2.15. The summed E-state index contributed by atoms with van der Waals surface area (Å²) in [4.78, 5) is 35.5. The van der Waals surface area contributed by atoms with Crippen LogP contribution < -0.4 is 11.2 Å². The first-order valence-corrected chi connectivity index (χ1v) is 11.6. The van der Waals surface area contributed by atoms with Gasteiger partial charge in [0.25, 0.3) is 5.56 Å². The Labute approximate surface area is 198 Å². The molecule has 176 valence electrons. The summed E-state index contributed by atoms with van der Waals surface area (Å²) in [5.41, 5.74) is 2.07. The quantitative estimate of drug-likeness (QED) is 0.407. The lowest BCUT2D eigenvalue weighted by molar-refractivity contribution is 0.290. The minimum Gasteiger partial charge on any atom is -0.396 e. The summed E-state index contributed by atoms with van der Waals surface area (Å²) in [7, 11) is 1.48. The van der Waals surface area contributed by atoms with Crippen molar-refractivity contribution in [1.82, 2.24) is 19.1 Å². The Hall–Kier alpha value is -3.58. The number of hydrogen-bond donors (Lipinski definition) is 1. The highest BCUT2D eigenvalue weighted by atomic mass is 16.3. The van der Waals surface area contributed by atoms with Gasteiger partial charge in [-0.15, -0.1) is 0 Å². The van der Waals surface area contributed by atoms with Crippen LogP contribution >= 0.6 is 0 Å². The normalized spacial score (nSPS) is 11.9. The van der Waals surface area contributed by atoms with Crippen molar-refractivity contribution in [3.63, 3.8) is 0 Å². The molecule has 0 amide bonds. The van der Waals surface area contributed by atoms with Crippen LogP contribution in [0, 0.1) is 5.92 Å². The van der Waals surface area contributed by atoms with E-state index in [0.29, 0.717) is 42.8 Å². The van der Waals surface area contributed by atoms with E-state index >= 15 is 0 Å². The number of unbranched alkanes of at least 4 members (excludes halogenated alkanes) is 1. The molecule has 4 rings (SSSR count). The lowest BCUT2D eigenvalue weighted by Crippen LogP contribution is -2.40. The van der Waals surface area contributed by atoms with Crippen LogP contribution in [0.4, 0.5) is 0 Å². The molecular weight excluding hydrogens is 428 g/mol. The summed E-state index contributed by atoms with van der Waals surface area (Å²) in [5, 5.41) is 11.4. The number of allylic oxidation sites excluding steroid dienone is 1. The van der Waals surface area contributed by atoms with Gasteiger partial charge in [0, 0.05) is 26.6 Å². The highest BCUT2D eigenvalue weighted by Gasteiger charge is 2.18. The zero-order valence-corrected chi connectivity index (χ0v) is 19.9. The molecule has 2 aromatic heterocycles. The minimum atomic E-state index is -0.450. The second-order valence-electron chi connectivity index (χ2n) is 8.96. The maximum absolute atomic E-state index is 13.0. The summed E-state index contributed by atoms with van der Waals surface area (Å²) < 4.78 is 2.66. The van der Waals surface area contributed by atoms with Gasteiger partial charge >= 0.3 is 5.69 Å². The van der Waals surface area contributed by atoms with E-state index in [1.807, 2.05) is 44.2 Å². The van der Waals surface area contributed by atoms with Crippen LogP contribution in [0.2, 0.25) is 0 Å². The standard InChI is InChI=1S/C27H30N4O3/c1-18(2)17-31-25-24(26(33)30(3)27(31)34)28-22(14-5-4-8-15-32)23(29-25)16-20-12-9-11-19-10-6-7-13-21(19)20/h5-7,9-14,18,32H,4,8,15-17H2,1-3H3/b14-5-. The molecule has 0 bridgehead atoms. The van der Waals surface area contributed by atoms with Gasteiger partial charge in [-0.05, 0) is 41.2 Å². The molecule has 0 saturated heterocycles. The number of hydrogen-bond acceptors (Lipinski definition) is 5. The van der Waals surface area contributed by atoms with E-state index in [4.69, 9.17) is 15.1 Å². The zero-order chi connectivity index (χ0) is 24.2. The molecule has 0 unspecified atom stereocenters. The van der Waals surface area contributed by atoms with Crippen LogP contribution in [-0.4, -0.2) is 30.8 Å². The molecule has 34 heavy (non-hydrogen) atoms. The molecule has 0 fully saturated rings. The smallest absolute Gasteiger partial charge is 0.332 e. The monoisotopic (exact) mass is 458 g/mol.